The van der Waals surface area contributed by atoms with Gasteiger partial charge in [0.1, 0.15) is 11.4 Å². The maximum Gasteiger partial charge on any atom is 0.420 e. The lowest BCUT2D eigenvalue weighted by atomic mass is 9.94. The fraction of sp³-hybridized carbons (Fsp3) is 0.409. The van der Waals surface area contributed by atoms with Crippen molar-refractivity contribution in [2.75, 3.05) is 36.4 Å². The molecule has 4 heterocycles. The number of aliphatic hydroxyl groups is 1. The van der Waals surface area contributed by atoms with Gasteiger partial charge in [-0.15, -0.1) is 0 Å². The SMILES string of the molecule is O=c1[nH]c(N2CC(O)(C(F)(F)F)C2)nc(N[C@@H]2CCCNC2)c1-c1ccc2ccccc2n1. The van der Waals surface area contributed by atoms with Gasteiger partial charge in [-0.3, -0.25) is 9.78 Å². The van der Waals surface area contributed by atoms with Gasteiger partial charge in [-0.05, 0) is 31.5 Å². The van der Waals surface area contributed by atoms with Crippen LogP contribution in [-0.4, -0.2) is 64.1 Å². The van der Waals surface area contributed by atoms with Crippen molar-refractivity contribution >= 4 is 22.7 Å². The average Bonchev–Trinajstić information content (AvgIpc) is 2.76. The van der Waals surface area contributed by atoms with Crippen molar-refractivity contribution < 1.29 is 18.3 Å². The van der Waals surface area contributed by atoms with Crippen LogP contribution in [0.2, 0.25) is 0 Å². The Hall–Kier alpha value is -3.18. The van der Waals surface area contributed by atoms with Crippen LogP contribution < -0.4 is 21.1 Å². The molecule has 2 fully saturated rings. The number of hydrogen-bond acceptors (Lipinski definition) is 7. The molecule has 0 aliphatic carbocycles. The van der Waals surface area contributed by atoms with Crippen LogP contribution in [0.3, 0.4) is 0 Å². The Morgan fingerprint density at radius 2 is 1.94 bits per heavy atom. The molecule has 4 N–H and O–H groups in total. The molecule has 1 aromatic carbocycles. The van der Waals surface area contributed by atoms with Crippen molar-refractivity contribution in [2.45, 2.75) is 30.7 Å². The lowest BCUT2D eigenvalue weighted by Crippen LogP contribution is -2.69. The zero-order valence-corrected chi connectivity index (χ0v) is 17.6. The predicted molar refractivity (Wildman–Crippen MR) is 118 cm³/mol. The van der Waals surface area contributed by atoms with Crippen molar-refractivity contribution in [2.24, 2.45) is 0 Å². The molecule has 2 saturated heterocycles. The van der Waals surface area contributed by atoms with Crippen LogP contribution in [0, 0.1) is 0 Å². The van der Waals surface area contributed by atoms with Crippen molar-refractivity contribution in [3.63, 3.8) is 0 Å². The number of para-hydroxylation sites is 1. The monoisotopic (exact) mass is 460 g/mol. The molecular weight excluding hydrogens is 437 g/mol. The smallest absolute Gasteiger partial charge is 0.378 e. The van der Waals surface area contributed by atoms with Crippen LogP contribution in [0.4, 0.5) is 24.9 Å². The average molecular weight is 460 g/mol. The molecule has 0 amide bonds. The molecule has 0 unspecified atom stereocenters. The van der Waals surface area contributed by atoms with Gasteiger partial charge < -0.3 is 20.6 Å². The number of hydrogen-bond donors (Lipinski definition) is 4. The summed E-state index contributed by atoms with van der Waals surface area (Å²) in [5, 5.41) is 17.3. The highest BCUT2D eigenvalue weighted by Crippen LogP contribution is 2.39. The van der Waals surface area contributed by atoms with Gasteiger partial charge in [-0.25, -0.2) is 4.98 Å². The van der Waals surface area contributed by atoms with E-state index in [2.05, 4.69) is 25.6 Å². The number of pyridine rings is 1. The van der Waals surface area contributed by atoms with E-state index in [4.69, 9.17) is 0 Å². The van der Waals surface area contributed by atoms with Gasteiger partial charge in [0, 0.05) is 18.0 Å². The molecule has 0 bridgehead atoms. The Morgan fingerprint density at radius 1 is 1.15 bits per heavy atom. The Kier molecular flexibility index (Phi) is 5.25. The second kappa shape index (κ2) is 7.99. The first-order chi connectivity index (χ1) is 15.7. The van der Waals surface area contributed by atoms with Gasteiger partial charge in [0.15, 0.2) is 5.60 Å². The summed E-state index contributed by atoms with van der Waals surface area (Å²) in [4.78, 5) is 26.0. The summed E-state index contributed by atoms with van der Waals surface area (Å²) in [6.07, 6.45) is -2.95. The summed E-state index contributed by atoms with van der Waals surface area (Å²) in [7, 11) is 0. The van der Waals surface area contributed by atoms with Gasteiger partial charge in [0.05, 0.1) is 24.3 Å². The van der Waals surface area contributed by atoms with E-state index in [1.807, 2.05) is 30.3 Å². The number of nitrogens with zero attached hydrogens (tertiary/aromatic N) is 3. The van der Waals surface area contributed by atoms with Crippen molar-refractivity contribution in [3.8, 4) is 11.3 Å². The predicted octanol–water partition coefficient (Wildman–Crippen LogP) is 2.26. The zero-order valence-electron chi connectivity index (χ0n) is 17.6. The van der Waals surface area contributed by atoms with E-state index in [0.717, 1.165) is 24.8 Å². The third-order valence-corrected chi connectivity index (χ3v) is 6.13. The summed E-state index contributed by atoms with van der Waals surface area (Å²) in [5.41, 5.74) is -1.99. The maximum absolute atomic E-state index is 13.1. The molecule has 2 aliphatic heterocycles. The number of β-amino-alcohol motifs (C(OH)–C–C–N with tert-alkyl or cyclic N) is 1. The molecular formula is C22H23F3N6O2. The molecule has 0 saturated carbocycles. The van der Waals surface area contributed by atoms with Crippen LogP contribution in [-0.2, 0) is 0 Å². The minimum atomic E-state index is -4.76. The second-order valence-electron chi connectivity index (χ2n) is 8.58. The molecule has 1 atom stereocenters. The number of piperidine rings is 1. The molecule has 5 rings (SSSR count). The maximum atomic E-state index is 13.1. The molecule has 0 spiro atoms. The molecule has 2 aromatic heterocycles. The number of aromatic nitrogens is 3. The minimum Gasteiger partial charge on any atom is -0.378 e. The van der Waals surface area contributed by atoms with Gasteiger partial charge in [-0.1, -0.05) is 24.3 Å². The molecule has 0 radical (unpaired) electrons. The fourth-order valence-corrected chi connectivity index (χ4v) is 4.24. The summed E-state index contributed by atoms with van der Waals surface area (Å²) in [6.45, 7) is 0.177. The van der Waals surface area contributed by atoms with Crippen LogP contribution in [0.15, 0.2) is 41.2 Å². The topological polar surface area (TPSA) is 106 Å². The van der Waals surface area contributed by atoms with E-state index in [1.165, 1.54) is 4.90 Å². The Bertz CT molecular complexity index is 1230. The number of rotatable bonds is 4. The minimum absolute atomic E-state index is 0.00334. The van der Waals surface area contributed by atoms with Crippen LogP contribution in [0.1, 0.15) is 12.8 Å². The standard InChI is InChI=1S/C22H23F3N6O2/c23-22(24,25)21(33)11-31(12-21)20-29-18(27-14-5-3-9-26-10-14)17(19(32)30-20)16-8-7-13-4-1-2-6-15(13)28-16/h1-2,4,6-8,14,26,33H,3,5,9-12H2,(H2,27,29,30,32)/t14-/m1/s1. The van der Waals surface area contributed by atoms with E-state index < -0.39 is 30.4 Å². The first-order valence-electron chi connectivity index (χ1n) is 10.8. The number of halogens is 3. The van der Waals surface area contributed by atoms with Gasteiger partial charge in [0.2, 0.25) is 5.95 Å². The number of anilines is 2. The van der Waals surface area contributed by atoms with Gasteiger partial charge >= 0.3 is 6.18 Å². The van der Waals surface area contributed by atoms with E-state index in [0.29, 0.717) is 17.8 Å². The van der Waals surface area contributed by atoms with Gasteiger partial charge in [-0.2, -0.15) is 18.2 Å². The first-order valence-corrected chi connectivity index (χ1v) is 10.8. The Labute approximate surface area is 186 Å². The third kappa shape index (κ3) is 4.02. The number of alkyl halides is 3. The van der Waals surface area contributed by atoms with Crippen molar-refractivity contribution in [1.29, 1.82) is 0 Å². The van der Waals surface area contributed by atoms with E-state index >= 15 is 0 Å². The molecule has 8 nitrogen and oxygen atoms in total. The number of benzene rings is 1. The number of H-pyrrole nitrogens is 1. The fourth-order valence-electron chi connectivity index (χ4n) is 4.24. The third-order valence-electron chi connectivity index (χ3n) is 6.13. The summed E-state index contributed by atoms with van der Waals surface area (Å²) < 4.78 is 39.2. The van der Waals surface area contributed by atoms with Crippen LogP contribution in [0.5, 0.6) is 0 Å². The van der Waals surface area contributed by atoms with E-state index in [-0.39, 0.29) is 23.4 Å². The molecule has 3 aromatic rings. The largest absolute Gasteiger partial charge is 0.420 e. The lowest BCUT2D eigenvalue weighted by molar-refractivity contribution is -0.267. The summed E-state index contributed by atoms with van der Waals surface area (Å²) in [6, 6.07) is 11.1. The van der Waals surface area contributed by atoms with Crippen LogP contribution >= 0.6 is 0 Å². The van der Waals surface area contributed by atoms with E-state index in [1.54, 1.807) is 6.07 Å². The Balaban J connectivity index is 1.54. The first kappa shape index (κ1) is 21.7. The molecule has 33 heavy (non-hydrogen) atoms. The molecule has 11 heteroatoms. The Morgan fingerprint density at radius 3 is 2.67 bits per heavy atom. The molecule has 174 valence electrons. The summed E-state index contributed by atoms with van der Waals surface area (Å²) in [5.74, 6) is 0.234. The van der Waals surface area contributed by atoms with Crippen molar-refractivity contribution in [3.05, 3.63) is 46.8 Å². The number of nitrogens with one attached hydrogen (secondary N) is 3. The summed E-state index contributed by atoms with van der Waals surface area (Å²) >= 11 is 0. The normalized spacial score (nSPS) is 20.5. The highest BCUT2D eigenvalue weighted by molar-refractivity contribution is 5.83. The quantitative estimate of drug-likeness (QED) is 0.473. The van der Waals surface area contributed by atoms with Crippen molar-refractivity contribution in [1.82, 2.24) is 20.3 Å². The highest BCUT2D eigenvalue weighted by atomic mass is 19.4. The molecule has 2 aliphatic rings. The highest BCUT2D eigenvalue weighted by Gasteiger charge is 2.61. The number of fused-ring (bicyclic) bond motifs is 1. The van der Waals surface area contributed by atoms with E-state index in [9.17, 15) is 23.1 Å². The second-order valence-corrected chi connectivity index (χ2v) is 8.58. The van der Waals surface area contributed by atoms with Gasteiger partial charge in [0.25, 0.3) is 5.56 Å². The zero-order chi connectivity index (χ0) is 23.2. The van der Waals surface area contributed by atoms with Crippen LogP contribution in [0.25, 0.3) is 22.2 Å². The lowest BCUT2D eigenvalue weighted by Gasteiger charge is -2.47. The number of aromatic amines is 1.